The molecule has 0 aliphatic heterocycles. The number of rotatable bonds is 30. The van der Waals surface area contributed by atoms with Gasteiger partial charge in [0.15, 0.2) is 0 Å². The lowest BCUT2D eigenvalue weighted by Gasteiger charge is -2.09. The summed E-state index contributed by atoms with van der Waals surface area (Å²) in [5, 5.41) is 0. The van der Waals surface area contributed by atoms with Gasteiger partial charge in [0.2, 0.25) is 0 Å². The Morgan fingerprint density at radius 3 is 1.15 bits per heavy atom. The van der Waals surface area contributed by atoms with E-state index in [-0.39, 0.29) is 18.1 Å². The molecule has 0 spiro atoms. The molecule has 0 saturated heterocycles. The topological polar surface area (TPSA) is 126 Å². The first kappa shape index (κ1) is 36.4. The molecule has 0 unspecified atom stereocenters. The average molecular weight is 595 g/mol. The maximum atomic E-state index is 12.0. The van der Waals surface area contributed by atoms with Crippen LogP contribution in [0.2, 0.25) is 0 Å². The highest BCUT2D eigenvalue weighted by molar-refractivity contribution is 7.86. The van der Waals surface area contributed by atoms with Crippen LogP contribution >= 0.6 is 0 Å². The average Bonchev–Trinajstić information content (AvgIpc) is 2.94. The Morgan fingerprint density at radius 1 is 0.525 bits per heavy atom. The van der Waals surface area contributed by atoms with Crippen molar-refractivity contribution in [2.75, 3.05) is 119 Å². The van der Waals surface area contributed by atoms with E-state index in [4.69, 9.17) is 46.8 Å². The second-order valence-electron chi connectivity index (χ2n) is 8.03. The monoisotopic (exact) mass is 594 g/mol. The smallest absolute Gasteiger partial charge is 0.297 e. The molecule has 0 fully saturated rings. The Labute approximate surface area is 238 Å². The lowest BCUT2D eigenvalue weighted by Crippen LogP contribution is -2.15. The van der Waals surface area contributed by atoms with Crippen LogP contribution in [0.5, 0.6) is 0 Å². The van der Waals surface area contributed by atoms with Gasteiger partial charge in [0.25, 0.3) is 10.1 Å². The summed E-state index contributed by atoms with van der Waals surface area (Å²) in [7, 11) is -3.77. The fourth-order valence-electron chi connectivity index (χ4n) is 2.81. The number of hydrogen-bond acceptors (Lipinski definition) is 12. The van der Waals surface area contributed by atoms with Gasteiger partial charge in [0.1, 0.15) is 6.61 Å². The van der Waals surface area contributed by atoms with Crippen molar-refractivity contribution in [3.63, 3.8) is 0 Å². The van der Waals surface area contributed by atoms with Gasteiger partial charge in [-0.1, -0.05) is 24.3 Å². The molecular formula is C27H46O12S. The van der Waals surface area contributed by atoms with Crippen LogP contribution in [0.15, 0.2) is 42.0 Å². The van der Waals surface area contributed by atoms with Gasteiger partial charge in [-0.2, -0.15) is 8.42 Å². The van der Waals surface area contributed by atoms with E-state index in [1.54, 1.807) is 12.1 Å². The van der Waals surface area contributed by atoms with Crippen molar-refractivity contribution in [1.29, 1.82) is 0 Å². The van der Waals surface area contributed by atoms with E-state index in [9.17, 15) is 8.42 Å². The van der Waals surface area contributed by atoms with E-state index in [1.165, 1.54) is 18.4 Å². The molecule has 1 aromatic carbocycles. The molecule has 0 amide bonds. The predicted molar refractivity (Wildman–Crippen MR) is 147 cm³/mol. The first-order valence-corrected chi connectivity index (χ1v) is 14.8. The third kappa shape index (κ3) is 22.1. The quantitative estimate of drug-likeness (QED) is 0.0734. The minimum atomic E-state index is -3.77. The zero-order valence-electron chi connectivity index (χ0n) is 23.6. The number of aryl methyl sites for hydroxylation is 1. The highest BCUT2D eigenvalue weighted by atomic mass is 32.2. The third-order valence-corrected chi connectivity index (χ3v) is 6.17. The first-order valence-electron chi connectivity index (χ1n) is 13.4. The Balaban J connectivity index is 1.72. The molecule has 0 radical (unpaired) electrons. The van der Waals surface area contributed by atoms with E-state index < -0.39 is 10.1 Å². The highest BCUT2D eigenvalue weighted by Crippen LogP contribution is 2.12. The van der Waals surface area contributed by atoms with Crippen molar-refractivity contribution in [1.82, 2.24) is 0 Å². The van der Waals surface area contributed by atoms with Crippen molar-refractivity contribution < 1.29 is 55.2 Å². The van der Waals surface area contributed by atoms with Gasteiger partial charge in [-0.3, -0.25) is 4.18 Å². The van der Waals surface area contributed by atoms with Gasteiger partial charge in [-0.15, -0.1) is 0 Å². The number of hydrogen-bond donors (Lipinski definition) is 0. The molecule has 12 nitrogen and oxygen atoms in total. The molecule has 232 valence electrons. The molecule has 0 aliphatic carbocycles. The molecule has 13 heteroatoms. The van der Waals surface area contributed by atoms with E-state index in [0.717, 1.165) is 5.56 Å². The molecule has 0 saturated carbocycles. The largest absolute Gasteiger partial charge is 0.499 e. The van der Waals surface area contributed by atoms with E-state index in [1.807, 2.05) is 6.92 Å². The second kappa shape index (κ2) is 26.3. The fraction of sp³-hybridized carbons (Fsp3) is 0.704. The van der Waals surface area contributed by atoms with Crippen LogP contribution in [0.25, 0.3) is 0 Å². The summed E-state index contributed by atoms with van der Waals surface area (Å²) in [6.07, 6.45) is 1.39. The molecule has 40 heavy (non-hydrogen) atoms. The molecule has 0 N–H and O–H groups in total. The van der Waals surface area contributed by atoms with Crippen molar-refractivity contribution >= 4 is 10.1 Å². The van der Waals surface area contributed by atoms with Crippen LogP contribution in [-0.2, 0) is 56.9 Å². The molecule has 1 rings (SSSR count). The van der Waals surface area contributed by atoms with Gasteiger partial charge < -0.3 is 42.6 Å². The van der Waals surface area contributed by atoms with Crippen LogP contribution in [0.1, 0.15) is 5.56 Å². The molecule has 1 aromatic rings. The Kier molecular flexibility index (Phi) is 23.9. The van der Waals surface area contributed by atoms with Gasteiger partial charge >= 0.3 is 0 Å². The normalized spacial score (nSPS) is 11.6. The van der Waals surface area contributed by atoms with Crippen molar-refractivity contribution in [3.8, 4) is 0 Å². The molecule has 0 atom stereocenters. The molecular weight excluding hydrogens is 548 g/mol. The zero-order chi connectivity index (χ0) is 29.0. The van der Waals surface area contributed by atoms with Crippen LogP contribution < -0.4 is 0 Å². The summed E-state index contributed by atoms with van der Waals surface area (Å²) in [6, 6.07) is 6.48. The summed E-state index contributed by atoms with van der Waals surface area (Å²) in [5.74, 6) is 0. The van der Waals surface area contributed by atoms with Crippen LogP contribution in [0.3, 0.4) is 0 Å². The summed E-state index contributed by atoms with van der Waals surface area (Å²) >= 11 is 0. The number of benzene rings is 1. The van der Waals surface area contributed by atoms with Crippen molar-refractivity contribution in [2.45, 2.75) is 11.8 Å². The van der Waals surface area contributed by atoms with Crippen LogP contribution in [-0.4, -0.2) is 127 Å². The van der Waals surface area contributed by atoms with E-state index in [0.29, 0.717) is 106 Å². The summed E-state index contributed by atoms with van der Waals surface area (Å²) < 4.78 is 77.1. The lowest BCUT2D eigenvalue weighted by molar-refractivity contribution is -0.0243. The van der Waals surface area contributed by atoms with E-state index >= 15 is 0 Å². The standard InChI is InChI=1S/C27H46O12S/c1-3-30-8-9-31-10-11-32-12-13-33-14-15-34-16-17-35-18-19-36-20-21-37-22-23-38-24-25-39-40(28,29)27-6-4-26(2)5-7-27/h3-7H,1,8-25H2,2H3. The van der Waals surface area contributed by atoms with Crippen molar-refractivity contribution in [2.24, 2.45) is 0 Å². The fourth-order valence-corrected chi connectivity index (χ4v) is 3.70. The zero-order valence-corrected chi connectivity index (χ0v) is 24.4. The Bertz CT molecular complexity index is 804. The van der Waals surface area contributed by atoms with Gasteiger partial charge in [0.05, 0.1) is 123 Å². The third-order valence-electron chi connectivity index (χ3n) is 4.84. The van der Waals surface area contributed by atoms with Gasteiger partial charge in [-0.05, 0) is 19.1 Å². The SMILES string of the molecule is C=COCCOCCOCCOCCOCCOCCOCCOCCOCCOS(=O)(=O)c1ccc(C)cc1. The summed E-state index contributed by atoms with van der Waals surface area (Å²) in [5.41, 5.74) is 0.976. The highest BCUT2D eigenvalue weighted by Gasteiger charge is 2.14. The van der Waals surface area contributed by atoms with Gasteiger partial charge in [-0.25, -0.2) is 0 Å². The Morgan fingerprint density at radius 2 is 0.825 bits per heavy atom. The molecule has 0 aromatic heterocycles. The van der Waals surface area contributed by atoms with Gasteiger partial charge in [0, 0.05) is 0 Å². The number of ether oxygens (including phenoxy) is 9. The predicted octanol–water partition coefficient (Wildman–Crippen LogP) is 1.99. The van der Waals surface area contributed by atoms with Crippen LogP contribution in [0, 0.1) is 6.92 Å². The maximum absolute atomic E-state index is 12.0. The molecule has 0 heterocycles. The van der Waals surface area contributed by atoms with E-state index in [2.05, 4.69) is 6.58 Å². The summed E-state index contributed by atoms with van der Waals surface area (Å²) in [4.78, 5) is 0.129. The second-order valence-corrected chi connectivity index (χ2v) is 9.64. The lowest BCUT2D eigenvalue weighted by atomic mass is 10.2. The van der Waals surface area contributed by atoms with Crippen LogP contribution in [0.4, 0.5) is 0 Å². The Hall–Kier alpha value is -1.65. The molecule has 0 bridgehead atoms. The first-order chi connectivity index (χ1) is 19.6. The van der Waals surface area contributed by atoms with Crippen molar-refractivity contribution in [3.05, 3.63) is 42.7 Å². The minimum absolute atomic E-state index is 0.0567. The molecule has 0 aliphatic rings. The minimum Gasteiger partial charge on any atom is -0.499 e. The maximum Gasteiger partial charge on any atom is 0.297 e. The summed E-state index contributed by atoms with van der Waals surface area (Å²) in [6.45, 7) is 12.9.